The van der Waals surface area contributed by atoms with Crippen molar-refractivity contribution in [2.45, 2.75) is 5.92 Å². The summed E-state index contributed by atoms with van der Waals surface area (Å²) in [6.07, 6.45) is 0. The first-order chi connectivity index (χ1) is 9.65. The number of aromatic carboxylic acids is 1. The first-order valence-corrected chi connectivity index (χ1v) is 6.87. The molecule has 1 amide bonds. The van der Waals surface area contributed by atoms with Crippen LogP contribution in [0.2, 0.25) is 0 Å². The quantitative estimate of drug-likeness (QED) is 0.910. The Balaban J connectivity index is 1.75. The van der Waals surface area contributed by atoms with Crippen molar-refractivity contribution in [1.82, 2.24) is 0 Å². The van der Waals surface area contributed by atoms with Gasteiger partial charge in [-0.3, -0.25) is 4.79 Å². The Hall–Kier alpha value is -2.34. The van der Waals surface area contributed by atoms with Gasteiger partial charge in [-0.05, 0) is 12.1 Å². The van der Waals surface area contributed by atoms with Crippen LogP contribution < -0.4 is 10.1 Å². The number of carbonyl (C=O) groups excluding carboxylic acids is 1. The molecule has 0 saturated carbocycles. The molecule has 1 unspecified atom stereocenters. The highest BCUT2D eigenvalue weighted by molar-refractivity contribution is 7.14. The highest BCUT2D eigenvalue weighted by atomic mass is 32.1. The van der Waals surface area contributed by atoms with E-state index in [0.717, 1.165) is 11.3 Å². The summed E-state index contributed by atoms with van der Waals surface area (Å²) in [5, 5.41) is 13.6. The van der Waals surface area contributed by atoms with Gasteiger partial charge in [0, 0.05) is 10.9 Å². The standard InChI is InChI=1S/C14H11NO4S/c16-13(15-12-5-8(7-20-12)14(17)18)10-6-19-11-4-2-1-3-9(10)11/h1-5,7,10H,6H2,(H,15,16)(H,17,18). The third-order valence-electron chi connectivity index (χ3n) is 3.11. The average molecular weight is 289 g/mol. The lowest BCUT2D eigenvalue weighted by Crippen LogP contribution is -2.21. The Bertz CT molecular complexity index is 679. The number of nitrogens with one attached hydrogen (secondary N) is 1. The van der Waals surface area contributed by atoms with Gasteiger partial charge in [0.2, 0.25) is 5.91 Å². The maximum atomic E-state index is 12.2. The van der Waals surface area contributed by atoms with Crippen LogP contribution in [0.1, 0.15) is 21.8 Å². The minimum absolute atomic E-state index is 0.174. The number of amides is 1. The molecule has 0 radical (unpaired) electrons. The molecule has 0 bridgehead atoms. The van der Waals surface area contributed by atoms with Crippen molar-refractivity contribution in [3.63, 3.8) is 0 Å². The van der Waals surface area contributed by atoms with E-state index >= 15 is 0 Å². The maximum absolute atomic E-state index is 12.2. The number of hydrogen-bond donors (Lipinski definition) is 2. The number of hydrogen-bond acceptors (Lipinski definition) is 4. The molecule has 0 saturated heterocycles. The minimum Gasteiger partial charge on any atom is -0.492 e. The molecule has 5 nitrogen and oxygen atoms in total. The van der Waals surface area contributed by atoms with E-state index in [1.54, 1.807) is 0 Å². The number of ether oxygens (including phenoxy) is 1. The molecule has 2 N–H and O–H groups in total. The molecule has 6 heteroatoms. The van der Waals surface area contributed by atoms with Crippen LogP contribution in [0.15, 0.2) is 35.7 Å². The second kappa shape index (κ2) is 4.97. The van der Waals surface area contributed by atoms with Crippen LogP contribution in [-0.2, 0) is 4.79 Å². The lowest BCUT2D eigenvalue weighted by molar-refractivity contribution is -0.117. The number of fused-ring (bicyclic) bond motifs is 1. The van der Waals surface area contributed by atoms with Crippen molar-refractivity contribution in [3.05, 3.63) is 46.8 Å². The summed E-state index contributed by atoms with van der Waals surface area (Å²) in [7, 11) is 0. The van der Waals surface area contributed by atoms with Crippen molar-refractivity contribution in [1.29, 1.82) is 0 Å². The third kappa shape index (κ3) is 2.25. The number of rotatable bonds is 3. The van der Waals surface area contributed by atoms with Crippen molar-refractivity contribution in [2.24, 2.45) is 0 Å². The summed E-state index contributed by atoms with van der Waals surface area (Å²) in [5.74, 6) is -0.823. The Morgan fingerprint density at radius 3 is 2.90 bits per heavy atom. The van der Waals surface area contributed by atoms with E-state index in [1.165, 1.54) is 22.8 Å². The lowest BCUT2D eigenvalue weighted by atomic mass is 10.0. The Morgan fingerprint density at radius 2 is 2.15 bits per heavy atom. The first kappa shape index (κ1) is 12.7. The fourth-order valence-corrected chi connectivity index (χ4v) is 2.88. The van der Waals surface area contributed by atoms with Crippen LogP contribution in [-0.4, -0.2) is 23.6 Å². The zero-order valence-electron chi connectivity index (χ0n) is 10.3. The summed E-state index contributed by atoms with van der Waals surface area (Å²) in [6.45, 7) is 0.308. The van der Waals surface area contributed by atoms with Crippen molar-refractivity contribution >= 4 is 28.2 Å². The number of carboxylic acids is 1. The van der Waals surface area contributed by atoms with Crippen molar-refractivity contribution < 1.29 is 19.4 Å². The topological polar surface area (TPSA) is 75.6 Å². The van der Waals surface area contributed by atoms with E-state index in [4.69, 9.17) is 9.84 Å². The minimum atomic E-state index is -1.00. The lowest BCUT2D eigenvalue weighted by Gasteiger charge is -2.08. The molecule has 1 aliphatic heterocycles. The van der Waals surface area contributed by atoms with Gasteiger partial charge < -0.3 is 15.2 Å². The maximum Gasteiger partial charge on any atom is 0.336 e. The van der Waals surface area contributed by atoms with Gasteiger partial charge in [0.15, 0.2) is 0 Å². The summed E-state index contributed by atoms with van der Waals surface area (Å²) >= 11 is 1.19. The molecule has 0 fully saturated rings. The molecular weight excluding hydrogens is 278 g/mol. The van der Waals surface area contributed by atoms with E-state index in [0.29, 0.717) is 11.6 Å². The van der Waals surface area contributed by atoms with Crippen LogP contribution in [0.3, 0.4) is 0 Å². The molecule has 102 valence electrons. The van der Waals surface area contributed by atoms with Gasteiger partial charge in [0.25, 0.3) is 0 Å². The monoisotopic (exact) mass is 289 g/mol. The highest BCUT2D eigenvalue weighted by Crippen LogP contribution is 2.34. The van der Waals surface area contributed by atoms with E-state index in [1.807, 2.05) is 24.3 Å². The molecule has 0 aliphatic carbocycles. The molecule has 1 aromatic heterocycles. The SMILES string of the molecule is O=C(O)c1csc(NC(=O)C2COc3ccccc32)c1. The van der Waals surface area contributed by atoms with Gasteiger partial charge in [-0.2, -0.15) is 0 Å². The predicted octanol–water partition coefficient (Wildman–Crippen LogP) is 2.56. The Kier molecular flexibility index (Phi) is 3.15. The normalized spacial score (nSPS) is 16.3. The molecule has 1 aromatic carbocycles. The number of anilines is 1. The molecule has 2 aromatic rings. The summed E-state index contributed by atoms with van der Waals surface area (Å²) in [4.78, 5) is 23.0. The zero-order chi connectivity index (χ0) is 14.1. The highest BCUT2D eigenvalue weighted by Gasteiger charge is 2.30. The summed E-state index contributed by atoms with van der Waals surface area (Å²) in [5.41, 5.74) is 1.04. The first-order valence-electron chi connectivity index (χ1n) is 5.99. The number of thiophene rings is 1. The largest absolute Gasteiger partial charge is 0.492 e. The number of carboxylic acid groups (broad SMARTS) is 1. The van der Waals surface area contributed by atoms with Crippen LogP contribution in [0.25, 0.3) is 0 Å². The van der Waals surface area contributed by atoms with Gasteiger partial charge in [0.05, 0.1) is 10.6 Å². The fourth-order valence-electron chi connectivity index (χ4n) is 2.10. The summed E-state index contributed by atoms with van der Waals surface area (Å²) < 4.78 is 5.46. The van der Waals surface area contributed by atoms with Crippen LogP contribution >= 0.6 is 11.3 Å². The number of carbonyl (C=O) groups is 2. The fraction of sp³-hybridized carbons (Fsp3) is 0.143. The molecule has 20 heavy (non-hydrogen) atoms. The van der Waals surface area contributed by atoms with Gasteiger partial charge in [-0.1, -0.05) is 18.2 Å². The molecule has 2 heterocycles. The van der Waals surface area contributed by atoms with E-state index in [9.17, 15) is 9.59 Å². The van der Waals surface area contributed by atoms with Crippen molar-refractivity contribution in [3.8, 4) is 5.75 Å². The van der Waals surface area contributed by atoms with Crippen LogP contribution in [0, 0.1) is 0 Å². The average Bonchev–Trinajstić information content (AvgIpc) is 3.04. The Morgan fingerprint density at radius 1 is 1.35 bits per heavy atom. The second-order valence-corrected chi connectivity index (χ2v) is 5.31. The van der Waals surface area contributed by atoms with Gasteiger partial charge in [-0.25, -0.2) is 4.79 Å². The summed E-state index contributed by atoms with van der Waals surface area (Å²) in [6, 6.07) is 8.87. The van der Waals surface area contributed by atoms with Gasteiger partial charge in [-0.15, -0.1) is 11.3 Å². The number of para-hydroxylation sites is 1. The smallest absolute Gasteiger partial charge is 0.336 e. The predicted molar refractivity (Wildman–Crippen MR) is 74.6 cm³/mol. The van der Waals surface area contributed by atoms with E-state index in [-0.39, 0.29) is 17.4 Å². The zero-order valence-corrected chi connectivity index (χ0v) is 11.1. The van der Waals surface area contributed by atoms with Gasteiger partial charge >= 0.3 is 5.97 Å². The van der Waals surface area contributed by atoms with E-state index in [2.05, 4.69) is 5.32 Å². The number of benzene rings is 1. The van der Waals surface area contributed by atoms with Crippen LogP contribution in [0.4, 0.5) is 5.00 Å². The molecule has 0 spiro atoms. The second-order valence-electron chi connectivity index (χ2n) is 4.40. The van der Waals surface area contributed by atoms with Crippen LogP contribution in [0.5, 0.6) is 5.75 Å². The van der Waals surface area contributed by atoms with Gasteiger partial charge in [0.1, 0.15) is 18.3 Å². The molecule has 1 aliphatic rings. The van der Waals surface area contributed by atoms with Crippen molar-refractivity contribution in [2.75, 3.05) is 11.9 Å². The molecule has 1 atom stereocenters. The van der Waals surface area contributed by atoms with E-state index < -0.39 is 5.97 Å². The third-order valence-corrected chi connectivity index (χ3v) is 3.95. The molecular formula is C14H11NO4S. The Labute approximate surface area is 118 Å². The molecule has 3 rings (SSSR count).